The van der Waals surface area contributed by atoms with E-state index in [4.69, 9.17) is 47.0 Å². The number of hydrogen-bond donors (Lipinski definition) is 11. The summed E-state index contributed by atoms with van der Waals surface area (Å²) in [5.41, 5.74) is 0.117. The number of aliphatic hydroxyl groups excluding tert-OH is 8. The molecule has 3 fully saturated rings. The van der Waals surface area contributed by atoms with Crippen molar-refractivity contribution >= 4 is 12.0 Å². The van der Waals surface area contributed by atoms with Crippen LogP contribution >= 0.6 is 0 Å². The average molecular weight is 933 g/mol. The van der Waals surface area contributed by atoms with E-state index in [1.807, 2.05) is 0 Å². The van der Waals surface area contributed by atoms with Gasteiger partial charge >= 0.3 is 5.97 Å². The predicted octanol–water partition coefficient (Wildman–Crippen LogP) is -1.72. The molecule has 4 aliphatic heterocycles. The number of ether oxygens (including phenoxy) is 9. The molecule has 14 atom stereocenters. The lowest BCUT2D eigenvalue weighted by atomic mass is 9.96. The smallest absolute Gasteiger partial charge is 0.330 e. The molecule has 7 rings (SSSR count). The van der Waals surface area contributed by atoms with Gasteiger partial charge in [-0.25, -0.2) is 4.79 Å². The highest BCUT2D eigenvalue weighted by Crippen LogP contribution is 2.44. The van der Waals surface area contributed by atoms with Crippen molar-refractivity contribution in [2.24, 2.45) is 0 Å². The Morgan fingerprint density at radius 2 is 1.20 bits per heavy atom. The number of aliphatic hydroxyl groups is 8. The van der Waals surface area contributed by atoms with Gasteiger partial charge in [-0.05, 0) is 48.0 Å². The number of esters is 1. The zero-order valence-electron chi connectivity index (χ0n) is 34.9. The third-order valence-electron chi connectivity index (χ3n) is 11.0. The van der Waals surface area contributed by atoms with E-state index in [9.17, 15) is 65.8 Å². The Labute approximate surface area is 373 Å². The Bertz CT molecular complexity index is 2370. The first kappa shape index (κ1) is 48.3. The minimum Gasteiger partial charge on any atom is -0.507 e. The number of rotatable bonds is 15. The highest BCUT2D eigenvalue weighted by atomic mass is 16.8. The summed E-state index contributed by atoms with van der Waals surface area (Å²) in [5, 5.41) is 117. The average Bonchev–Trinajstić information content (AvgIpc) is 3.57. The topological polar surface area (TPSA) is 353 Å². The minimum atomic E-state index is -2.04. The molecule has 11 N–H and O–H groups in total. The molecule has 23 heteroatoms. The maximum atomic E-state index is 12.4. The molecule has 1 aliphatic carbocycles. The van der Waals surface area contributed by atoms with Crippen LogP contribution in [0.3, 0.4) is 0 Å². The van der Waals surface area contributed by atoms with Crippen molar-refractivity contribution in [3.05, 3.63) is 76.5 Å². The number of carbonyl (C=O) groups is 1. The number of methoxy groups -OCH3 is 2. The lowest BCUT2D eigenvalue weighted by Crippen LogP contribution is -2.65. The van der Waals surface area contributed by atoms with Crippen LogP contribution in [0.25, 0.3) is 28.7 Å². The summed E-state index contributed by atoms with van der Waals surface area (Å²) in [7, 11) is 2.65. The van der Waals surface area contributed by atoms with Gasteiger partial charge in [0.25, 0.3) is 0 Å². The number of aromatic hydroxyl groups is 3. The zero-order valence-corrected chi connectivity index (χ0v) is 34.9. The molecule has 0 aromatic heterocycles. The van der Waals surface area contributed by atoms with Crippen LogP contribution in [0.1, 0.15) is 5.56 Å². The summed E-state index contributed by atoms with van der Waals surface area (Å²) in [5.74, 6) is -1.91. The first-order chi connectivity index (χ1) is 31.5. The fourth-order valence-electron chi connectivity index (χ4n) is 7.51. The molecule has 66 heavy (non-hydrogen) atoms. The first-order valence-electron chi connectivity index (χ1n) is 20.2. The molecular weight excluding hydrogens is 884 g/mol. The van der Waals surface area contributed by atoms with Crippen LogP contribution in [0.15, 0.2) is 69.9 Å². The van der Waals surface area contributed by atoms with Crippen LogP contribution in [0, 0.1) is 0 Å². The lowest BCUT2D eigenvalue weighted by molar-refractivity contribution is -0.363. The molecule has 2 aromatic carbocycles. The predicted molar refractivity (Wildman–Crippen MR) is 218 cm³/mol. The fourth-order valence-corrected chi connectivity index (χ4v) is 7.51. The van der Waals surface area contributed by atoms with E-state index in [0.717, 1.165) is 18.2 Å². The number of fused-ring (bicyclic) bond motifs is 1. The normalized spacial score (nSPS) is 31.2. The van der Waals surface area contributed by atoms with E-state index in [0.29, 0.717) is 5.56 Å². The largest absolute Gasteiger partial charge is 0.507 e. The van der Waals surface area contributed by atoms with Gasteiger partial charge in [0.1, 0.15) is 85.3 Å². The molecular formula is C43H48O23. The number of phenolic OH excluding ortho intramolecular Hbond substituents is 3. The molecule has 0 radical (unpaired) electrons. The maximum Gasteiger partial charge on any atom is 0.330 e. The SMILES string of the molecule is COc1cc(C=CC(=O)OC[C@H]2O[C@@H](O[C@H]3[C@H](O)[C@@H](O)C(O[C@@H]4[C@H](O)[C@@H](O)C(Oc5cc6c(O)cc(=O)cc-6oc5-c5ccc(O)c(OC)c5)O[C@@H]4CO)O[C@@H]3CO)[C@H](O)[C@H]2O)ccc1O. The summed E-state index contributed by atoms with van der Waals surface area (Å²) in [6.45, 7) is -2.37. The molecule has 5 aliphatic rings. The zero-order chi connectivity index (χ0) is 47.6. The maximum absolute atomic E-state index is 12.4. The second-order valence-corrected chi connectivity index (χ2v) is 15.3. The van der Waals surface area contributed by atoms with Gasteiger partial charge in [0.2, 0.25) is 6.29 Å². The Balaban J connectivity index is 1.00. The monoisotopic (exact) mass is 932 g/mol. The van der Waals surface area contributed by atoms with Crippen molar-refractivity contribution in [1.29, 1.82) is 0 Å². The van der Waals surface area contributed by atoms with Crippen molar-refractivity contribution in [3.8, 4) is 57.1 Å². The summed E-state index contributed by atoms with van der Waals surface area (Å²) in [4.78, 5) is 24.6. The van der Waals surface area contributed by atoms with E-state index in [1.54, 1.807) is 0 Å². The van der Waals surface area contributed by atoms with Crippen LogP contribution in [0.5, 0.6) is 34.5 Å². The van der Waals surface area contributed by atoms with Gasteiger partial charge in [-0.15, -0.1) is 0 Å². The summed E-state index contributed by atoms with van der Waals surface area (Å²) < 4.78 is 55.9. The van der Waals surface area contributed by atoms with Crippen LogP contribution in [-0.2, 0) is 33.2 Å². The molecule has 2 aromatic rings. The van der Waals surface area contributed by atoms with Crippen LogP contribution in [0.2, 0.25) is 0 Å². The second-order valence-electron chi connectivity index (χ2n) is 15.3. The third-order valence-corrected chi connectivity index (χ3v) is 11.0. The third kappa shape index (κ3) is 10.0. The van der Waals surface area contributed by atoms with Gasteiger partial charge in [-0.3, -0.25) is 4.79 Å². The molecule has 0 saturated carbocycles. The summed E-state index contributed by atoms with van der Waals surface area (Å²) in [6, 6.07) is 11.7. The minimum absolute atomic E-state index is 0.00263. The van der Waals surface area contributed by atoms with E-state index in [2.05, 4.69) is 0 Å². The Hall–Kier alpha value is -5.64. The summed E-state index contributed by atoms with van der Waals surface area (Å²) in [6.07, 6.45) is -22.3. The first-order valence-corrected chi connectivity index (χ1v) is 20.2. The second kappa shape index (κ2) is 20.5. The molecule has 0 amide bonds. The molecule has 0 bridgehead atoms. The van der Waals surface area contributed by atoms with E-state index >= 15 is 0 Å². The molecule has 358 valence electrons. The van der Waals surface area contributed by atoms with Crippen molar-refractivity contribution in [2.75, 3.05) is 34.0 Å². The highest BCUT2D eigenvalue weighted by molar-refractivity contribution is 5.87. The molecule has 3 saturated heterocycles. The van der Waals surface area contributed by atoms with Gasteiger partial charge in [0, 0.05) is 23.8 Å². The van der Waals surface area contributed by atoms with E-state index < -0.39 is 123 Å². The highest BCUT2D eigenvalue weighted by Gasteiger charge is 2.54. The van der Waals surface area contributed by atoms with E-state index in [-0.39, 0.29) is 51.4 Å². The molecule has 2 unspecified atom stereocenters. The Kier molecular flexibility index (Phi) is 15.0. The standard InChI is InChI=1S/C43H48O23/c1-57-25-9-17(3-6-21(25)47)4-8-31(50)59-16-30-32(51)35(54)42(64-30)65-40-29(15-45)63-43(37(56)34(40)53)66-39-28(14-44)62-41(36(55)33(39)52)61-27-13-20-23(49)11-19(46)12-24(20)60-38(27)18-5-7-22(48)26(10-18)58-2/h3-13,28-30,32-37,39-45,47-49,51-56H,14-16H2,1-2H3/t28-,29-,30-,32+,33-,34-,35-,36-,37-,39+,40-,41?,42+,43?/m1/s1. The Morgan fingerprint density at radius 3 is 1.82 bits per heavy atom. The number of benzene rings is 3. The van der Waals surface area contributed by atoms with Crippen LogP contribution < -0.4 is 19.6 Å². The summed E-state index contributed by atoms with van der Waals surface area (Å²) >= 11 is 0. The molecule has 0 spiro atoms. The number of carbonyl (C=O) groups excluding carboxylic acids is 1. The van der Waals surface area contributed by atoms with Gasteiger partial charge in [0.05, 0.1) is 33.0 Å². The van der Waals surface area contributed by atoms with Gasteiger partial charge in [0.15, 0.2) is 52.5 Å². The van der Waals surface area contributed by atoms with E-state index in [1.165, 1.54) is 62.8 Å². The van der Waals surface area contributed by atoms with Gasteiger partial charge in [-0.2, -0.15) is 0 Å². The Morgan fingerprint density at radius 1 is 0.636 bits per heavy atom. The van der Waals surface area contributed by atoms with Gasteiger partial charge < -0.3 is 103 Å². The number of phenols is 3. The quantitative estimate of drug-likeness (QED) is 0.0466. The van der Waals surface area contributed by atoms with Crippen molar-refractivity contribution in [2.45, 2.75) is 86.0 Å². The van der Waals surface area contributed by atoms with Gasteiger partial charge in [-0.1, -0.05) is 6.07 Å². The molecule has 4 heterocycles. The van der Waals surface area contributed by atoms with Crippen molar-refractivity contribution in [3.63, 3.8) is 0 Å². The van der Waals surface area contributed by atoms with Crippen molar-refractivity contribution < 1.29 is 108 Å². The fraction of sp³-hybridized carbons (Fsp3) is 0.442. The molecule has 23 nitrogen and oxygen atoms in total. The van der Waals surface area contributed by atoms with Crippen LogP contribution in [0.4, 0.5) is 0 Å². The number of hydrogen-bond acceptors (Lipinski definition) is 23. The lowest BCUT2D eigenvalue weighted by Gasteiger charge is -2.46. The van der Waals surface area contributed by atoms with Crippen molar-refractivity contribution in [1.82, 2.24) is 0 Å². The van der Waals surface area contributed by atoms with Crippen LogP contribution in [-0.4, -0.2) is 182 Å².